The number of hydrogen-bond acceptors (Lipinski definition) is 4. The average Bonchev–Trinajstić information content (AvgIpc) is 2.87. The third-order valence-electron chi connectivity index (χ3n) is 4.89. The molecule has 27 heavy (non-hydrogen) atoms. The first kappa shape index (κ1) is 18.8. The molecule has 1 amide bonds. The number of benzene rings is 1. The maximum atomic E-state index is 12.5. The van der Waals surface area contributed by atoms with Crippen LogP contribution in [0.5, 0.6) is 0 Å². The lowest BCUT2D eigenvalue weighted by atomic mass is 10.1. The monoisotopic (exact) mass is 367 g/mol. The van der Waals surface area contributed by atoms with Crippen LogP contribution in [0, 0.1) is 13.8 Å². The fraction of sp³-hybridized carbons (Fsp3) is 0.400. The summed E-state index contributed by atoms with van der Waals surface area (Å²) in [7, 11) is 1.92. The number of fused-ring (bicyclic) bond motifs is 1. The van der Waals surface area contributed by atoms with Crippen LogP contribution in [0.25, 0.3) is 10.9 Å². The summed E-state index contributed by atoms with van der Waals surface area (Å²) in [5.74, 6) is -0.0817. The topological polar surface area (TPSA) is 81.8 Å². The minimum atomic E-state index is -0.122. The van der Waals surface area contributed by atoms with Crippen LogP contribution in [0.2, 0.25) is 0 Å². The van der Waals surface area contributed by atoms with E-state index in [-0.39, 0.29) is 23.9 Å². The first-order valence-electron chi connectivity index (χ1n) is 9.09. The Bertz CT molecular complexity index is 1030. The molecular formula is C20H25N5O2. The van der Waals surface area contributed by atoms with Crippen molar-refractivity contribution in [2.24, 2.45) is 7.05 Å². The second kappa shape index (κ2) is 7.73. The fourth-order valence-electron chi connectivity index (χ4n) is 3.30. The van der Waals surface area contributed by atoms with E-state index in [0.29, 0.717) is 17.4 Å². The Morgan fingerprint density at radius 3 is 2.70 bits per heavy atom. The number of rotatable bonds is 6. The first-order valence-corrected chi connectivity index (χ1v) is 9.09. The number of carbonyl (C=O) groups is 1. The quantitative estimate of drug-likeness (QED) is 0.721. The standard InChI is InChI=1S/C20H25N5O2/c1-13(11-17-14(2)23-24(4)15(17)3)22-19(26)9-10-25-12-21-18-8-6-5-7-16(18)20(25)27/h5-8,12-13H,9-11H2,1-4H3,(H,22,26)/t13-/m1/s1. The Morgan fingerprint density at radius 1 is 1.26 bits per heavy atom. The van der Waals surface area contributed by atoms with E-state index in [9.17, 15) is 9.59 Å². The molecule has 0 aliphatic carbocycles. The molecule has 0 saturated heterocycles. The molecule has 3 aromatic rings. The lowest BCUT2D eigenvalue weighted by Crippen LogP contribution is -2.35. The summed E-state index contributed by atoms with van der Waals surface area (Å²) >= 11 is 0. The molecule has 3 rings (SSSR count). The van der Waals surface area contributed by atoms with Gasteiger partial charge in [0.05, 0.1) is 22.9 Å². The summed E-state index contributed by atoms with van der Waals surface area (Å²) in [5, 5.41) is 7.99. The molecule has 0 fully saturated rings. The van der Waals surface area contributed by atoms with Gasteiger partial charge in [0, 0.05) is 31.7 Å². The number of aryl methyl sites for hydroxylation is 3. The van der Waals surface area contributed by atoms with Crippen LogP contribution in [-0.4, -0.2) is 31.3 Å². The van der Waals surface area contributed by atoms with E-state index in [0.717, 1.165) is 17.8 Å². The number of nitrogens with zero attached hydrogens (tertiary/aromatic N) is 4. The molecule has 1 atom stereocenters. The molecule has 1 aromatic carbocycles. The predicted molar refractivity (Wildman–Crippen MR) is 105 cm³/mol. The van der Waals surface area contributed by atoms with Crippen LogP contribution in [-0.2, 0) is 24.8 Å². The molecule has 0 unspecified atom stereocenters. The van der Waals surface area contributed by atoms with Crippen LogP contribution < -0.4 is 10.9 Å². The van der Waals surface area contributed by atoms with Gasteiger partial charge < -0.3 is 5.32 Å². The highest BCUT2D eigenvalue weighted by atomic mass is 16.2. The number of aromatic nitrogens is 4. The van der Waals surface area contributed by atoms with Gasteiger partial charge in [0.1, 0.15) is 0 Å². The summed E-state index contributed by atoms with van der Waals surface area (Å²) < 4.78 is 3.35. The van der Waals surface area contributed by atoms with Crippen molar-refractivity contribution in [1.82, 2.24) is 24.6 Å². The summed E-state index contributed by atoms with van der Waals surface area (Å²) in [6.07, 6.45) is 2.47. The molecule has 1 N–H and O–H groups in total. The Labute approximate surface area is 158 Å². The maximum Gasteiger partial charge on any atom is 0.261 e. The largest absolute Gasteiger partial charge is 0.353 e. The molecule has 0 radical (unpaired) electrons. The minimum Gasteiger partial charge on any atom is -0.353 e. The highest BCUT2D eigenvalue weighted by Gasteiger charge is 2.15. The van der Waals surface area contributed by atoms with Gasteiger partial charge in [-0.05, 0) is 44.9 Å². The first-order chi connectivity index (χ1) is 12.9. The summed E-state index contributed by atoms with van der Waals surface area (Å²) in [5.41, 5.74) is 3.81. The van der Waals surface area contributed by atoms with Crippen molar-refractivity contribution in [1.29, 1.82) is 0 Å². The third kappa shape index (κ3) is 4.07. The average molecular weight is 367 g/mol. The van der Waals surface area contributed by atoms with E-state index in [4.69, 9.17) is 0 Å². The number of amides is 1. The van der Waals surface area contributed by atoms with E-state index in [1.165, 1.54) is 16.5 Å². The van der Waals surface area contributed by atoms with Crippen LogP contribution in [0.1, 0.15) is 30.3 Å². The Morgan fingerprint density at radius 2 is 2.00 bits per heavy atom. The molecule has 2 aromatic heterocycles. The molecule has 0 bridgehead atoms. The van der Waals surface area contributed by atoms with Gasteiger partial charge in [-0.25, -0.2) is 4.98 Å². The molecular weight excluding hydrogens is 342 g/mol. The van der Waals surface area contributed by atoms with E-state index in [2.05, 4.69) is 15.4 Å². The normalized spacial score (nSPS) is 12.3. The highest BCUT2D eigenvalue weighted by molar-refractivity contribution is 5.77. The second-order valence-electron chi connectivity index (χ2n) is 6.96. The zero-order valence-corrected chi connectivity index (χ0v) is 16.2. The summed E-state index contributed by atoms with van der Waals surface area (Å²) in [6, 6.07) is 7.21. The minimum absolute atomic E-state index is 0.00875. The molecule has 2 heterocycles. The third-order valence-corrected chi connectivity index (χ3v) is 4.89. The molecule has 7 heteroatoms. The SMILES string of the molecule is Cc1nn(C)c(C)c1C[C@@H](C)NC(=O)CCn1cnc2ccccc2c1=O. The van der Waals surface area contributed by atoms with Gasteiger partial charge in [-0.1, -0.05) is 12.1 Å². The highest BCUT2D eigenvalue weighted by Crippen LogP contribution is 2.14. The van der Waals surface area contributed by atoms with Crippen LogP contribution in [0.15, 0.2) is 35.4 Å². The van der Waals surface area contributed by atoms with Crippen molar-refractivity contribution in [3.8, 4) is 0 Å². The zero-order chi connectivity index (χ0) is 19.6. The van der Waals surface area contributed by atoms with Gasteiger partial charge in [0.2, 0.25) is 5.91 Å². The molecule has 7 nitrogen and oxygen atoms in total. The molecule has 0 saturated carbocycles. The van der Waals surface area contributed by atoms with Crippen molar-refractivity contribution in [2.75, 3.05) is 0 Å². The van der Waals surface area contributed by atoms with Gasteiger partial charge >= 0.3 is 0 Å². The predicted octanol–water partition coefficient (Wildman–Crippen LogP) is 1.88. The van der Waals surface area contributed by atoms with Crippen molar-refractivity contribution in [3.05, 3.63) is 57.9 Å². The van der Waals surface area contributed by atoms with Gasteiger partial charge in [-0.15, -0.1) is 0 Å². The van der Waals surface area contributed by atoms with Gasteiger partial charge in [0.25, 0.3) is 5.56 Å². The van der Waals surface area contributed by atoms with Crippen molar-refractivity contribution < 1.29 is 4.79 Å². The van der Waals surface area contributed by atoms with Crippen LogP contribution >= 0.6 is 0 Å². The van der Waals surface area contributed by atoms with Gasteiger partial charge in [-0.2, -0.15) is 5.10 Å². The maximum absolute atomic E-state index is 12.5. The van der Waals surface area contributed by atoms with Crippen molar-refractivity contribution >= 4 is 16.8 Å². The lowest BCUT2D eigenvalue weighted by Gasteiger charge is -2.15. The van der Waals surface area contributed by atoms with Crippen molar-refractivity contribution in [3.63, 3.8) is 0 Å². The summed E-state index contributed by atoms with van der Waals surface area (Å²) in [6.45, 7) is 6.30. The second-order valence-corrected chi connectivity index (χ2v) is 6.96. The van der Waals surface area contributed by atoms with E-state index in [1.54, 1.807) is 12.1 Å². The Hall–Kier alpha value is -2.96. The Balaban J connectivity index is 1.60. The lowest BCUT2D eigenvalue weighted by molar-refractivity contribution is -0.121. The van der Waals surface area contributed by atoms with E-state index >= 15 is 0 Å². The van der Waals surface area contributed by atoms with E-state index < -0.39 is 0 Å². The molecule has 142 valence electrons. The van der Waals surface area contributed by atoms with Gasteiger partial charge in [0.15, 0.2) is 0 Å². The van der Waals surface area contributed by atoms with Crippen LogP contribution in [0.3, 0.4) is 0 Å². The number of para-hydroxylation sites is 1. The van der Waals surface area contributed by atoms with Crippen molar-refractivity contribution in [2.45, 2.75) is 46.2 Å². The van der Waals surface area contributed by atoms with E-state index in [1.807, 2.05) is 44.6 Å². The molecule has 0 spiro atoms. The number of carbonyl (C=O) groups excluding carboxylic acids is 1. The zero-order valence-electron chi connectivity index (χ0n) is 16.2. The van der Waals surface area contributed by atoms with Gasteiger partial charge in [-0.3, -0.25) is 18.8 Å². The smallest absolute Gasteiger partial charge is 0.261 e. The number of nitrogens with one attached hydrogen (secondary N) is 1. The Kier molecular flexibility index (Phi) is 5.39. The van der Waals surface area contributed by atoms with Crippen LogP contribution in [0.4, 0.5) is 0 Å². The summed E-state index contributed by atoms with van der Waals surface area (Å²) in [4.78, 5) is 29.0. The molecule has 0 aliphatic rings. The fourth-order valence-corrected chi connectivity index (χ4v) is 3.30. The number of hydrogen-bond donors (Lipinski definition) is 1. The molecule has 0 aliphatic heterocycles.